The third kappa shape index (κ3) is 4.18. The number of nitrogens with one attached hydrogen (secondary N) is 1. The third-order valence-electron chi connectivity index (χ3n) is 3.15. The third-order valence-corrected chi connectivity index (χ3v) is 3.15. The van der Waals surface area contributed by atoms with Gasteiger partial charge in [-0.25, -0.2) is 15.2 Å². The number of hydrazine groups is 1. The Kier molecular flexibility index (Phi) is 6.41. The number of guanidine groups is 1. The first-order valence-corrected chi connectivity index (χ1v) is 6.51. The van der Waals surface area contributed by atoms with Gasteiger partial charge in [-0.15, -0.1) is 0 Å². The van der Waals surface area contributed by atoms with E-state index in [1.165, 1.54) is 6.07 Å². The SMILES string of the molecule is COCC(C)N=C(NN)N(C)C(C)c1ccccc1F. The highest BCUT2D eigenvalue weighted by molar-refractivity contribution is 5.79. The first kappa shape index (κ1) is 16.4. The summed E-state index contributed by atoms with van der Waals surface area (Å²) in [6.07, 6.45) is 0. The second-order valence-electron chi connectivity index (χ2n) is 4.71. The van der Waals surface area contributed by atoms with Crippen molar-refractivity contribution in [2.45, 2.75) is 25.9 Å². The fourth-order valence-electron chi connectivity index (χ4n) is 1.92. The van der Waals surface area contributed by atoms with Crippen molar-refractivity contribution < 1.29 is 9.13 Å². The van der Waals surface area contributed by atoms with Gasteiger partial charge in [0, 0.05) is 19.7 Å². The monoisotopic (exact) mass is 282 g/mol. The summed E-state index contributed by atoms with van der Waals surface area (Å²) in [5.74, 6) is 5.76. The zero-order chi connectivity index (χ0) is 15.1. The van der Waals surface area contributed by atoms with Crippen LogP contribution in [-0.2, 0) is 4.74 Å². The summed E-state index contributed by atoms with van der Waals surface area (Å²) in [6.45, 7) is 4.31. The number of nitrogens with two attached hydrogens (primary N) is 1. The summed E-state index contributed by atoms with van der Waals surface area (Å²) in [6, 6.07) is 6.44. The molecule has 0 spiro atoms. The van der Waals surface area contributed by atoms with Gasteiger partial charge in [-0.3, -0.25) is 5.43 Å². The molecule has 5 nitrogen and oxygen atoms in total. The molecule has 6 heteroatoms. The van der Waals surface area contributed by atoms with Crippen molar-refractivity contribution in [3.05, 3.63) is 35.6 Å². The molecule has 1 rings (SSSR count). The van der Waals surface area contributed by atoms with Crippen molar-refractivity contribution in [1.29, 1.82) is 0 Å². The molecule has 0 aliphatic rings. The van der Waals surface area contributed by atoms with Crippen LogP contribution in [-0.4, -0.2) is 37.7 Å². The number of rotatable bonds is 5. The van der Waals surface area contributed by atoms with Crippen LogP contribution in [0.25, 0.3) is 0 Å². The molecule has 20 heavy (non-hydrogen) atoms. The van der Waals surface area contributed by atoms with E-state index in [0.29, 0.717) is 18.1 Å². The van der Waals surface area contributed by atoms with Gasteiger partial charge in [0.15, 0.2) is 0 Å². The molecule has 1 aromatic rings. The quantitative estimate of drug-likeness (QED) is 0.373. The van der Waals surface area contributed by atoms with Gasteiger partial charge in [0.25, 0.3) is 0 Å². The number of hydrogen-bond acceptors (Lipinski definition) is 3. The largest absolute Gasteiger partial charge is 0.382 e. The van der Waals surface area contributed by atoms with Crippen molar-refractivity contribution in [3.63, 3.8) is 0 Å². The van der Waals surface area contributed by atoms with Crippen LogP contribution < -0.4 is 11.3 Å². The number of ether oxygens (including phenoxy) is 1. The average molecular weight is 282 g/mol. The highest BCUT2D eigenvalue weighted by Crippen LogP contribution is 2.21. The minimum absolute atomic E-state index is 0.0404. The van der Waals surface area contributed by atoms with Crippen molar-refractivity contribution in [3.8, 4) is 0 Å². The second-order valence-corrected chi connectivity index (χ2v) is 4.71. The van der Waals surface area contributed by atoms with Crippen LogP contribution in [0.1, 0.15) is 25.5 Å². The highest BCUT2D eigenvalue weighted by atomic mass is 19.1. The molecule has 2 unspecified atom stereocenters. The van der Waals surface area contributed by atoms with Crippen molar-refractivity contribution in [1.82, 2.24) is 10.3 Å². The van der Waals surface area contributed by atoms with Gasteiger partial charge < -0.3 is 9.64 Å². The lowest BCUT2D eigenvalue weighted by atomic mass is 10.1. The Hall–Kier alpha value is -1.66. The van der Waals surface area contributed by atoms with Crippen molar-refractivity contribution in [2.24, 2.45) is 10.8 Å². The van der Waals surface area contributed by atoms with E-state index in [1.807, 2.05) is 27.0 Å². The molecule has 0 saturated heterocycles. The van der Waals surface area contributed by atoms with E-state index in [2.05, 4.69) is 10.4 Å². The van der Waals surface area contributed by atoms with Gasteiger partial charge in [0.05, 0.1) is 18.7 Å². The van der Waals surface area contributed by atoms with Gasteiger partial charge in [0.1, 0.15) is 5.82 Å². The summed E-state index contributed by atoms with van der Waals surface area (Å²) in [5, 5.41) is 0. The number of halogens is 1. The van der Waals surface area contributed by atoms with E-state index in [4.69, 9.17) is 10.6 Å². The van der Waals surface area contributed by atoms with Gasteiger partial charge in [-0.1, -0.05) is 18.2 Å². The van der Waals surface area contributed by atoms with E-state index in [1.54, 1.807) is 24.1 Å². The van der Waals surface area contributed by atoms with Crippen molar-refractivity contribution in [2.75, 3.05) is 20.8 Å². The maximum absolute atomic E-state index is 13.8. The zero-order valence-electron chi connectivity index (χ0n) is 12.4. The predicted molar refractivity (Wildman–Crippen MR) is 78.7 cm³/mol. The second kappa shape index (κ2) is 7.81. The zero-order valence-corrected chi connectivity index (χ0v) is 12.4. The Morgan fingerprint density at radius 1 is 1.45 bits per heavy atom. The average Bonchev–Trinajstić information content (AvgIpc) is 2.44. The van der Waals surface area contributed by atoms with E-state index in [-0.39, 0.29) is 17.9 Å². The van der Waals surface area contributed by atoms with E-state index in [0.717, 1.165) is 0 Å². The standard InChI is InChI=1S/C14H23FN4O/c1-10(9-20-4)17-14(18-16)19(3)11(2)12-7-5-6-8-13(12)15/h5-8,10-11H,9,16H2,1-4H3,(H,17,18). The number of aliphatic imine (C=N–C) groups is 1. The van der Waals surface area contributed by atoms with E-state index >= 15 is 0 Å². The summed E-state index contributed by atoms with van der Waals surface area (Å²) >= 11 is 0. The number of hydrogen-bond donors (Lipinski definition) is 2. The molecule has 0 radical (unpaired) electrons. The van der Waals surface area contributed by atoms with Gasteiger partial charge in [-0.2, -0.15) is 0 Å². The minimum atomic E-state index is -0.242. The Bertz CT molecular complexity index is 453. The topological polar surface area (TPSA) is 62.9 Å². The molecular formula is C14H23FN4O. The van der Waals surface area contributed by atoms with Crippen LogP contribution >= 0.6 is 0 Å². The molecule has 0 saturated carbocycles. The maximum atomic E-state index is 13.8. The first-order chi connectivity index (χ1) is 9.51. The lowest BCUT2D eigenvalue weighted by Crippen LogP contribution is -2.44. The van der Waals surface area contributed by atoms with E-state index < -0.39 is 0 Å². The molecular weight excluding hydrogens is 259 g/mol. The van der Waals surface area contributed by atoms with Crippen LogP contribution in [0.15, 0.2) is 29.3 Å². The molecule has 0 aromatic heterocycles. The van der Waals surface area contributed by atoms with Gasteiger partial charge in [-0.05, 0) is 19.9 Å². The molecule has 112 valence electrons. The van der Waals surface area contributed by atoms with Crippen molar-refractivity contribution >= 4 is 5.96 Å². The van der Waals surface area contributed by atoms with Crippen LogP contribution in [0, 0.1) is 5.82 Å². The molecule has 0 aliphatic heterocycles. The minimum Gasteiger partial charge on any atom is -0.382 e. The first-order valence-electron chi connectivity index (χ1n) is 6.51. The Morgan fingerprint density at radius 3 is 2.65 bits per heavy atom. The molecule has 3 N–H and O–H groups in total. The molecule has 0 fully saturated rings. The molecule has 0 bridgehead atoms. The highest BCUT2D eigenvalue weighted by Gasteiger charge is 2.18. The summed E-state index contributed by atoms with van der Waals surface area (Å²) in [5.41, 5.74) is 3.15. The molecule has 1 aromatic carbocycles. The summed E-state index contributed by atoms with van der Waals surface area (Å²) < 4.78 is 18.9. The molecule has 0 heterocycles. The summed E-state index contributed by atoms with van der Waals surface area (Å²) in [4.78, 5) is 6.22. The normalized spacial score (nSPS) is 14.8. The van der Waals surface area contributed by atoms with Gasteiger partial charge in [0.2, 0.25) is 5.96 Å². The number of benzene rings is 1. The molecule has 0 amide bonds. The van der Waals surface area contributed by atoms with Crippen LogP contribution in [0.2, 0.25) is 0 Å². The maximum Gasteiger partial charge on any atom is 0.208 e. The fraction of sp³-hybridized carbons (Fsp3) is 0.500. The lowest BCUT2D eigenvalue weighted by molar-refractivity contribution is 0.185. The molecule has 0 aliphatic carbocycles. The Labute approximate surface area is 119 Å². The van der Waals surface area contributed by atoms with Crippen LogP contribution in [0.4, 0.5) is 4.39 Å². The van der Waals surface area contributed by atoms with Crippen LogP contribution in [0.3, 0.4) is 0 Å². The lowest BCUT2D eigenvalue weighted by Gasteiger charge is -2.28. The Morgan fingerprint density at radius 2 is 2.10 bits per heavy atom. The fourth-order valence-corrected chi connectivity index (χ4v) is 1.92. The number of nitrogens with zero attached hydrogens (tertiary/aromatic N) is 2. The van der Waals surface area contributed by atoms with Gasteiger partial charge >= 0.3 is 0 Å². The Balaban J connectivity index is 2.91. The summed E-state index contributed by atoms with van der Waals surface area (Å²) in [7, 11) is 3.43. The smallest absolute Gasteiger partial charge is 0.208 e. The molecule has 2 atom stereocenters. The predicted octanol–water partition coefficient (Wildman–Crippen LogP) is 1.67. The number of methoxy groups -OCH3 is 1. The van der Waals surface area contributed by atoms with E-state index in [9.17, 15) is 4.39 Å². The van der Waals surface area contributed by atoms with Crippen LogP contribution in [0.5, 0.6) is 0 Å².